The predicted molar refractivity (Wildman–Crippen MR) is 128 cm³/mol. The fraction of sp³-hybridized carbons (Fsp3) is 0.174. The number of nitrogens with one attached hydrogen (secondary N) is 2. The van der Waals surface area contributed by atoms with Crippen LogP contribution in [0.3, 0.4) is 0 Å². The first kappa shape index (κ1) is 28.0. The van der Waals surface area contributed by atoms with Crippen LogP contribution >= 0.6 is 24.8 Å². The Morgan fingerprint density at radius 3 is 2.30 bits per heavy atom. The Hall–Kier alpha value is -3.07. The molecular weight excluding hydrogens is 473 g/mol. The number of amides is 1. The van der Waals surface area contributed by atoms with Crippen molar-refractivity contribution >= 4 is 36.6 Å². The number of hydrogen-bond donors (Lipinski definition) is 3. The average molecular weight is 497 g/mol. The van der Waals surface area contributed by atoms with Crippen LogP contribution in [-0.4, -0.2) is 23.3 Å². The molecule has 0 fully saturated rings. The second kappa shape index (κ2) is 12.8. The summed E-state index contributed by atoms with van der Waals surface area (Å²) in [6.07, 6.45) is 1.55. The molecule has 0 spiro atoms. The van der Waals surface area contributed by atoms with Gasteiger partial charge in [-0.3, -0.25) is 15.2 Å². The first-order chi connectivity index (χ1) is 14.9. The Labute approximate surface area is 202 Å². The largest absolute Gasteiger partial charge is 0.384 e. The van der Waals surface area contributed by atoms with Gasteiger partial charge in [0.2, 0.25) is 0 Å². The SMILES string of the molecule is CCO[C@H](C(=O)NCc1ccc(C(=N)N)cc1)c1c(F)ccc(-c2ccncc2)c1F.Cl.Cl. The monoisotopic (exact) mass is 496 g/mol. The molecule has 0 radical (unpaired) electrons. The van der Waals surface area contributed by atoms with Gasteiger partial charge >= 0.3 is 0 Å². The number of rotatable bonds is 8. The molecule has 3 rings (SSSR count). The van der Waals surface area contributed by atoms with Crippen LogP contribution in [0.15, 0.2) is 60.9 Å². The summed E-state index contributed by atoms with van der Waals surface area (Å²) in [4.78, 5) is 16.7. The zero-order chi connectivity index (χ0) is 22.4. The number of benzene rings is 2. The van der Waals surface area contributed by atoms with Crippen molar-refractivity contribution in [2.24, 2.45) is 5.73 Å². The molecule has 1 heterocycles. The topological polar surface area (TPSA) is 101 Å². The number of carbonyl (C=O) groups is 1. The van der Waals surface area contributed by atoms with Crippen molar-refractivity contribution in [3.8, 4) is 11.1 Å². The van der Waals surface area contributed by atoms with Crippen LogP contribution in [0.5, 0.6) is 0 Å². The normalized spacial score (nSPS) is 11.0. The van der Waals surface area contributed by atoms with E-state index in [0.29, 0.717) is 11.1 Å². The maximum absolute atomic E-state index is 15.3. The molecule has 6 nitrogen and oxygen atoms in total. The van der Waals surface area contributed by atoms with Gasteiger partial charge in [-0.1, -0.05) is 24.3 Å². The summed E-state index contributed by atoms with van der Waals surface area (Å²) in [5.74, 6) is -2.45. The zero-order valence-electron chi connectivity index (χ0n) is 17.7. The number of hydrogen-bond acceptors (Lipinski definition) is 4. The number of nitrogens with zero attached hydrogens (tertiary/aromatic N) is 1. The van der Waals surface area contributed by atoms with E-state index in [0.717, 1.165) is 11.6 Å². The van der Waals surface area contributed by atoms with Gasteiger partial charge in [-0.05, 0) is 42.3 Å². The summed E-state index contributed by atoms with van der Waals surface area (Å²) >= 11 is 0. The molecule has 1 amide bonds. The third-order valence-corrected chi connectivity index (χ3v) is 4.68. The quantitative estimate of drug-likeness (QED) is 0.314. The maximum atomic E-state index is 15.3. The Morgan fingerprint density at radius 1 is 1.09 bits per heavy atom. The fourth-order valence-electron chi connectivity index (χ4n) is 3.10. The number of amidine groups is 1. The molecule has 33 heavy (non-hydrogen) atoms. The lowest BCUT2D eigenvalue weighted by Crippen LogP contribution is -2.31. The number of ether oxygens (including phenoxy) is 1. The van der Waals surface area contributed by atoms with Crippen LogP contribution in [0, 0.1) is 17.0 Å². The van der Waals surface area contributed by atoms with Gasteiger partial charge in [-0.2, -0.15) is 0 Å². The smallest absolute Gasteiger partial charge is 0.254 e. The van der Waals surface area contributed by atoms with E-state index in [1.54, 1.807) is 43.3 Å². The lowest BCUT2D eigenvalue weighted by molar-refractivity contribution is -0.133. The second-order valence-electron chi connectivity index (χ2n) is 6.72. The van der Waals surface area contributed by atoms with Gasteiger partial charge in [-0.25, -0.2) is 8.78 Å². The number of nitrogens with two attached hydrogens (primary N) is 1. The van der Waals surface area contributed by atoms with Crippen LogP contribution < -0.4 is 11.1 Å². The first-order valence-electron chi connectivity index (χ1n) is 9.63. The average Bonchev–Trinajstić information content (AvgIpc) is 2.77. The van der Waals surface area contributed by atoms with Gasteiger partial charge in [0.05, 0.1) is 5.56 Å². The highest BCUT2D eigenvalue weighted by Gasteiger charge is 2.29. The molecule has 0 saturated carbocycles. The number of halogens is 4. The van der Waals surface area contributed by atoms with E-state index in [1.165, 1.54) is 18.5 Å². The molecule has 2 aromatic carbocycles. The van der Waals surface area contributed by atoms with Crippen LogP contribution in [0.2, 0.25) is 0 Å². The van der Waals surface area contributed by atoms with Crippen molar-refractivity contribution in [2.45, 2.75) is 19.6 Å². The minimum atomic E-state index is -1.46. The van der Waals surface area contributed by atoms with Crippen LogP contribution in [-0.2, 0) is 16.1 Å². The van der Waals surface area contributed by atoms with Crippen molar-refractivity contribution in [3.63, 3.8) is 0 Å². The van der Waals surface area contributed by atoms with E-state index >= 15 is 4.39 Å². The van der Waals surface area contributed by atoms with E-state index in [9.17, 15) is 9.18 Å². The fourth-order valence-corrected chi connectivity index (χ4v) is 3.10. The Bertz CT molecular complexity index is 1080. The summed E-state index contributed by atoms with van der Waals surface area (Å²) in [7, 11) is 0. The van der Waals surface area contributed by atoms with Crippen molar-refractivity contribution in [1.29, 1.82) is 5.41 Å². The minimum Gasteiger partial charge on any atom is -0.384 e. The van der Waals surface area contributed by atoms with Gasteiger partial charge in [0.25, 0.3) is 5.91 Å². The van der Waals surface area contributed by atoms with Crippen LogP contribution in [0.25, 0.3) is 11.1 Å². The van der Waals surface area contributed by atoms with Crippen molar-refractivity contribution in [1.82, 2.24) is 10.3 Å². The first-order valence-corrected chi connectivity index (χ1v) is 9.63. The number of aromatic nitrogens is 1. The Morgan fingerprint density at radius 2 is 1.73 bits per heavy atom. The molecule has 4 N–H and O–H groups in total. The lowest BCUT2D eigenvalue weighted by atomic mass is 9.99. The van der Waals surface area contributed by atoms with Crippen LogP contribution in [0.1, 0.15) is 29.7 Å². The number of nitrogen functional groups attached to an aromatic ring is 1. The highest BCUT2D eigenvalue weighted by molar-refractivity contribution is 5.94. The lowest BCUT2D eigenvalue weighted by Gasteiger charge is -2.20. The van der Waals surface area contributed by atoms with Gasteiger partial charge in [-0.15, -0.1) is 24.8 Å². The summed E-state index contributed by atoms with van der Waals surface area (Å²) in [6, 6.07) is 12.4. The molecular formula is C23H24Cl2F2N4O2. The van der Waals surface area contributed by atoms with Crippen molar-refractivity contribution in [2.75, 3.05) is 6.61 Å². The summed E-state index contributed by atoms with van der Waals surface area (Å²) in [5.41, 5.74) is 6.93. The van der Waals surface area contributed by atoms with E-state index in [2.05, 4.69) is 10.3 Å². The Kier molecular flexibility index (Phi) is 10.9. The van der Waals surface area contributed by atoms with Gasteiger partial charge in [0, 0.05) is 36.7 Å². The number of pyridine rings is 1. The molecule has 0 aliphatic carbocycles. The second-order valence-corrected chi connectivity index (χ2v) is 6.72. The zero-order valence-corrected chi connectivity index (χ0v) is 19.3. The minimum absolute atomic E-state index is 0. The third kappa shape index (κ3) is 6.71. The van der Waals surface area contributed by atoms with Gasteiger partial charge in [0.1, 0.15) is 17.5 Å². The highest BCUT2D eigenvalue weighted by Crippen LogP contribution is 2.31. The molecule has 1 aromatic heterocycles. The maximum Gasteiger partial charge on any atom is 0.254 e. The highest BCUT2D eigenvalue weighted by atomic mass is 35.5. The van der Waals surface area contributed by atoms with Crippen molar-refractivity contribution < 1.29 is 18.3 Å². The summed E-state index contributed by atoms with van der Waals surface area (Å²) in [6.45, 7) is 1.85. The molecule has 0 aliphatic rings. The molecule has 0 bridgehead atoms. The van der Waals surface area contributed by atoms with E-state index < -0.39 is 29.2 Å². The molecule has 0 saturated heterocycles. The molecule has 3 aromatic rings. The molecule has 176 valence electrons. The summed E-state index contributed by atoms with van der Waals surface area (Å²) in [5, 5.41) is 10.1. The van der Waals surface area contributed by atoms with Gasteiger partial charge in [0.15, 0.2) is 6.10 Å². The van der Waals surface area contributed by atoms with E-state index in [4.69, 9.17) is 15.9 Å². The predicted octanol–water partition coefficient (Wildman–Crippen LogP) is 4.55. The molecule has 0 aliphatic heterocycles. The molecule has 0 unspecified atom stereocenters. The number of carbonyl (C=O) groups excluding carboxylic acids is 1. The Balaban J connectivity index is 0.00000272. The molecule has 1 atom stereocenters. The van der Waals surface area contributed by atoms with Crippen molar-refractivity contribution in [3.05, 3.63) is 89.2 Å². The third-order valence-electron chi connectivity index (χ3n) is 4.68. The molecule has 10 heteroatoms. The standard InChI is InChI=1S/C23H22F2N4O2.2ClH/c1-2-31-21(23(30)29-13-14-3-5-16(6-4-14)22(26)27)19-18(24)8-7-17(20(19)25)15-9-11-28-12-10-15;;/h3-12,21H,2,13H2,1H3,(H3,26,27)(H,29,30);2*1H/t21-;;/m0../s1. The van der Waals surface area contributed by atoms with Gasteiger partial charge < -0.3 is 15.8 Å². The van der Waals surface area contributed by atoms with E-state index in [1.807, 2.05) is 0 Å². The van der Waals surface area contributed by atoms with E-state index in [-0.39, 0.29) is 49.4 Å². The van der Waals surface area contributed by atoms with Crippen LogP contribution in [0.4, 0.5) is 8.78 Å². The summed E-state index contributed by atoms with van der Waals surface area (Å²) < 4.78 is 35.3.